The summed E-state index contributed by atoms with van der Waals surface area (Å²) in [5.74, 6) is 0.699. The molecule has 1 fully saturated rings. The van der Waals surface area contributed by atoms with Crippen molar-refractivity contribution in [3.63, 3.8) is 0 Å². The van der Waals surface area contributed by atoms with Crippen molar-refractivity contribution >= 4 is 0 Å². The van der Waals surface area contributed by atoms with Gasteiger partial charge in [-0.05, 0) is 32.4 Å². The number of aromatic nitrogens is 3. The zero-order valence-electron chi connectivity index (χ0n) is 12.9. The van der Waals surface area contributed by atoms with E-state index in [1.54, 1.807) is 0 Å². The quantitative estimate of drug-likeness (QED) is 0.846. The molecule has 0 spiro atoms. The molecular weight excluding hydrogens is 264 g/mol. The highest BCUT2D eigenvalue weighted by atomic mass is 16.5. The molecule has 0 aromatic carbocycles. The number of hydrogen-bond donors (Lipinski definition) is 0. The highest BCUT2D eigenvalue weighted by molar-refractivity contribution is 5.18. The molecule has 5 heteroatoms. The van der Waals surface area contributed by atoms with E-state index in [0.717, 1.165) is 25.3 Å². The largest absolute Gasteiger partial charge is 0.478 e. The summed E-state index contributed by atoms with van der Waals surface area (Å²) in [6, 6.07) is 6.68. The van der Waals surface area contributed by atoms with E-state index >= 15 is 0 Å². The predicted molar refractivity (Wildman–Crippen MR) is 81.4 cm³/mol. The molecule has 0 aliphatic carbocycles. The lowest BCUT2D eigenvalue weighted by molar-refractivity contribution is 0.0892. The standard InChI is InChI=1S/C16H22N4O/c1-4-21-16-6-5-14(8-17-16)9-19-10-15(11-19)20-13(3)7-12(2)18-20/h5-8,15H,4,9-11H2,1-3H3. The first-order valence-electron chi connectivity index (χ1n) is 7.48. The average molecular weight is 286 g/mol. The van der Waals surface area contributed by atoms with E-state index in [9.17, 15) is 0 Å². The van der Waals surface area contributed by atoms with E-state index in [1.165, 1.54) is 11.3 Å². The molecule has 3 heterocycles. The fourth-order valence-corrected chi connectivity index (χ4v) is 2.84. The monoisotopic (exact) mass is 286 g/mol. The molecule has 0 atom stereocenters. The maximum atomic E-state index is 5.36. The van der Waals surface area contributed by atoms with Crippen LogP contribution in [-0.2, 0) is 6.54 Å². The maximum Gasteiger partial charge on any atom is 0.213 e. The Kier molecular flexibility index (Phi) is 3.92. The van der Waals surface area contributed by atoms with Crippen LogP contribution >= 0.6 is 0 Å². The van der Waals surface area contributed by atoms with Gasteiger partial charge in [-0.15, -0.1) is 0 Å². The molecule has 0 amide bonds. The van der Waals surface area contributed by atoms with Crippen molar-refractivity contribution in [1.82, 2.24) is 19.7 Å². The number of rotatable bonds is 5. The van der Waals surface area contributed by atoms with E-state index in [-0.39, 0.29) is 0 Å². The molecule has 112 valence electrons. The maximum absolute atomic E-state index is 5.36. The Bertz CT molecular complexity index is 599. The second-order valence-corrected chi connectivity index (χ2v) is 5.66. The van der Waals surface area contributed by atoms with Crippen molar-refractivity contribution < 1.29 is 4.74 Å². The van der Waals surface area contributed by atoms with Gasteiger partial charge in [0.15, 0.2) is 0 Å². The van der Waals surface area contributed by atoms with Gasteiger partial charge in [-0.1, -0.05) is 6.07 Å². The highest BCUT2D eigenvalue weighted by Crippen LogP contribution is 2.24. The summed E-state index contributed by atoms with van der Waals surface area (Å²) in [6.07, 6.45) is 1.90. The molecule has 1 saturated heterocycles. The van der Waals surface area contributed by atoms with Gasteiger partial charge in [0, 0.05) is 37.6 Å². The van der Waals surface area contributed by atoms with Gasteiger partial charge in [-0.3, -0.25) is 9.58 Å². The fourth-order valence-electron chi connectivity index (χ4n) is 2.84. The molecule has 3 rings (SSSR count). The van der Waals surface area contributed by atoms with Crippen LogP contribution in [0.1, 0.15) is 29.9 Å². The van der Waals surface area contributed by atoms with Crippen molar-refractivity contribution in [2.45, 2.75) is 33.4 Å². The van der Waals surface area contributed by atoms with E-state index in [1.807, 2.05) is 26.1 Å². The SMILES string of the molecule is CCOc1ccc(CN2CC(n3nc(C)cc3C)C2)cn1. The topological polar surface area (TPSA) is 43.2 Å². The molecule has 2 aromatic rings. The first kappa shape index (κ1) is 14.1. The Morgan fingerprint density at radius 2 is 2.10 bits per heavy atom. The zero-order valence-corrected chi connectivity index (χ0v) is 12.9. The summed E-state index contributed by atoms with van der Waals surface area (Å²) >= 11 is 0. The van der Waals surface area contributed by atoms with Crippen LogP contribution in [0.25, 0.3) is 0 Å². The minimum absolute atomic E-state index is 0.509. The second kappa shape index (κ2) is 5.85. The molecule has 0 unspecified atom stereocenters. The zero-order chi connectivity index (χ0) is 14.8. The Labute approximate surface area is 125 Å². The van der Waals surface area contributed by atoms with E-state index in [0.29, 0.717) is 18.5 Å². The Hall–Kier alpha value is -1.88. The Morgan fingerprint density at radius 3 is 2.67 bits per heavy atom. The van der Waals surface area contributed by atoms with Gasteiger partial charge in [-0.25, -0.2) is 4.98 Å². The minimum Gasteiger partial charge on any atom is -0.478 e. The van der Waals surface area contributed by atoms with Crippen LogP contribution in [0.3, 0.4) is 0 Å². The van der Waals surface area contributed by atoms with Crippen molar-refractivity contribution in [2.75, 3.05) is 19.7 Å². The number of likely N-dealkylation sites (tertiary alicyclic amines) is 1. The van der Waals surface area contributed by atoms with Crippen LogP contribution in [0.4, 0.5) is 0 Å². The van der Waals surface area contributed by atoms with Crippen molar-refractivity contribution in [1.29, 1.82) is 0 Å². The summed E-state index contributed by atoms with van der Waals surface area (Å²) in [5.41, 5.74) is 3.58. The average Bonchev–Trinajstić information content (AvgIpc) is 2.74. The lowest BCUT2D eigenvalue weighted by Crippen LogP contribution is -2.47. The van der Waals surface area contributed by atoms with Gasteiger partial charge in [0.2, 0.25) is 5.88 Å². The molecule has 1 aliphatic heterocycles. The van der Waals surface area contributed by atoms with Gasteiger partial charge in [-0.2, -0.15) is 5.10 Å². The number of nitrogens with zero attached hydrogens (tertiary/aromatic N) is 4. The summed E-state index contributed by atoms with van der Waals surface area (Å²) in [5, 5.41) is 4.57. The third-order valence-electron chi connectivity index (χ3n) is 3.82. The normalized spacial score (nSPS) is 16.0. The van der Waals surface area contributed by atoms with E-state index in [4.69, 9.17) is 4.74 Å². The molecule has 2 aromatic heterocycles. The molecule has 1 aliphatic rings. The van der Waals surface area contributed by atoms with Crippen molar-refractivity contribution in [3.05, 3.63) is 41.3 Å². The number of hydrogen-bond acceptors (Lipinski definition) is 4. The number of aryl methyl sites for hydroxylation is 2. The van der Waals surface area contributed by atoms with Gasteiger partial charge < -0.3 is 4.74 Å². The summed E-state index contributed by atoms with van der Waals surface area (Å²) in [4.78, 5) is 6.72. The molecule has 5 nitrogen and oxygen atoms in total. The number of pyridine rings is 1. The molecule has 0 N–H and O–H groups in total. The van der Waals surface area contributed by atoms with E-state index < -0.39 is 0 Å². The molecule has 0 saturated carbocycles. The lowest BCUT2D eigenvalue weighted by atomic mass is 10.1. The van der Waals surface area contributed by atoms with Gasteiger partial charge in [0.05, 0.1) is 18.3 Å². The molecule has 21 heavy (non-hydrogen) atoms. The third kappa shape index (κ3) is 3.08. The third-order valence-corrected chi connectivity index (χ3v) is 3.82. The van der Waals surface area contributed by atoms with Crippen LogP contribution in [0, 0.1) is 13.8 Å². The van der Waals surface area contributed by atoms with E-state index in [2.05, 4.69) is 38.7 Å². The van der Waals surface area contributed by atoms with Gasteiger partial charge >= 0.3 is 0 Å². The lowest BCUT2D eigenvalue weighted by Gasteiger charge is -2.39. The van der Waals surface area contributed by atoms with Crippen LogP contribution in [-0.4, -0.2) is 39.4 Å². The van der Waals surface area contributed by atoms with Crippen molar-refractivity contribution in [3.8, 4) is 5.88 Å². The summed E-state index contributed by atoms with van der Waals surface area (Å²) in [7, 11) is 0. The molecular formula is C16H22N4O. The molecule has 0 bridgehead atoms. The Balaban J connectivity index is 1.53. The summed E-state index contributed by atoms with van der Waals surface area (Å²) in [6.45, 7) is 9.84. The van der Waals surface area contributed by atoms with Crippen LogP contribution in [0.15, 0.2) is 24.4 Å². The van der Waals surface area contributed by atoms with Crippen LogP contribution < -0.4 is 4.74 Å². The highest BCUT2D eigenvalue weighted by Gasteiger charge is 2.29. The fraction of sp³-hybridized carbons (Fsp3) is 0.500. The molecule has 0 radical (unpaired) electrons. The van der Waals surface area contributed by atoms with Crippen molar-refractivity contribution in [2.24, 2.45) is 0 Å². The van der Waals surface area contributed by atoms with Gasteiger partial charge in [0.1, 0.15) is 0 Å². The first-order chi connectivity index (χ1) is 10.2. The summed E-state index contributed by atoms with van der Waals surface area (Å²) < 4.78 is 7.52. The van der Waals surface area contributed by atoms with Crippen LogP contribution in [0.5, 0.6) is 5.88 Å². The predicted octanol–water partition coefficient (Wildman–Crippen LogP) is 2.35. The number of ether oxygens (including phenoxy) is 1. The smallest absolute Gasteiger partial charge is 0.213 e. The Morgan fingerprint density at radius 1 is 1.29 bits per heavy atom. The van der Waals surface area contributed by atoms with Crippen LogP contribution in [0.2, 0.25) is 0 Å². The minimum atomic E-state index is 0.509. The first-order valence-corrected chi connectivity index (χ1v) is 7.48. The van der Waals surface area contributed by atoms with Gasteiger partial charge in [0.25, 0.3) is 0 Å². The second-order valence-electron chi connectivity index (χ2n) is 5.66.